The van der Waals surface area contributed by atoms with Gasteiger partial charge in [0.05, 0.1) is 0 Å². The Balaban J connectivity index is 2.24. The van der Waals surface area contributed by atoms with Gasteiger partial charge < -0.3 is 5.11 Å². The van der Waals surface area contributed by atoms with Gasteiger partial charge >= 0.3 is 5.97 Å². The number of carboxylic acid groups (broad SMARTS) is 1. The van der Waals surface area contributed by atoms with E-state index in [0.29, 0.717) is 4.34 Å². The van der Waals surface area contributed by atoms with Crippen molar-refractivity contribution >= 4 is 44.8 Å². The first-order valence-corrected chi connectivity index (χ1v) is 7.50. The van der Waals surface area contributed by atoms with Crippen LogP contribution in [0, 0.1) is 0 Å². The molecule has 2 heterocycles. The molecular formula is C11H13BrClNO2S. The molecule has 0 radical (unpaired) electrons. The molecular weight excluding hydrogens is 326 g/mol. The van der Waals surface area contributed by atoms with Crippen molar-refractivity contribution in [3.63, 3.8) is 0 Å². The number of carbonyl (C=O) groups is 1. The third-order valence-electron chi connectivity index (χ3n) is 2.92. The summed E-state index contributed by atoms with van der Waals surface area (Å²) in [6, 6.07) is 1.27. The van der Waals surface area contributed by atoms with Gasteiger partial charge in [-0.2, -0.15) is 0 Å². The van der Waals surface area contributed by atoms with Crippen LogP contribution in [0.5, 0.6) is 0 Å². The summed E-state index contributed by atoms with van der Waals surface area (Å²) in [7, 11) is 0. The van der Waals surface area contributed by atoms with Gasteiger partial charge in [0.15, 0.2) is 0 Å². The summed E-state index contributed by atoms with van der Waals surface area (Å²) < 4.78 is 1.39. The van der Waals surface area contributed by atoms with Crippen LogP contribution in [-0.4, -0.2) is 29.1 Å². The molecule has 0 aliphatic carbocycles. The third kappa shape index (κ3) is 3.02. The van der Waals surface area contributed by atoms with E-state index in [1.54, 1.807) is 0 Å². The van der Waals surface area contributed by atoms with Crippen molar-refractivity contribution in [3.8, 4) is 0 Å². The lowest BCUT2D eigenvalue weighted by Gasteiger charge is -2.31. The van der Waals surface area contributed by atoms with Crippen LogP contribution in [0.4, 0.5) is 0 Å². The van der Waals surface area contributed by atoms with E-state index in [1.165, 1.54) is 17.8 Å². The zero-order chi connectivity index (χ0) is 12.4. The Morgan fingerprint density at radius 2 is 2.12 bits per heavy atom. The Labute approximate surface area is 118 Å². The normalized spacial score (nSPS) is 19.2. The molecule has 0 bridgehead atoms. The summed E-state index contributed by atoms with van der Waals surface area (Å²) in [4.78, 5) is 14.3. The van der Waals surface area contributed by atoms with Gasteiger partial charge in [-0.1, -0.05) is 18.0 Å². The van der Waals surface area contributed by atoms with E-state index in [9.17, 15) is 9.90 Å². The number of nitrogens with zero attached hydrogens (tertiary/aromatic N) is 1. The highest BCUT2D eigenvalue weighted by Gasteiger charge is 2.30. The minimum absolute atomic E-state index is 0.552. The number of rotatable bonds is 3. The molecule has 1 aromatic heterocycles. The molecule has 94 valence electrons. The highest BCUT2D eigenvalue weighted by Crippen LogP contribution is 2.38. The van der Waals surface area contributed by atoms with Crippen molar-refractivity contribution in [3.05, 3.63) is 19.8 Å². The average Bonchev–Trinajstić information content (AvgIpc) is 2.60. The molecule has 2 rings (SSSR count). The van der Waals surface area contributed by atoms with E-state index in [2.05, 4.69) is 15.9 Å². The summed E-state index contributed by atoms with van der Waals surface area (Å²) in [5.74, 6) is -0.794. The number of aliphatic carboxylic acids is 1. The summed E-state index contributed by atoms with van der Waals surface area (Å²) >= 11 is 10.6. The molecule has 3 nitrogen and oxygen atoms in total. The lowest BCUT2D eigenvalue weighted by molar-refractivity contribution is -0.143. The van der Waals surface area contributed by atoms with E-state index in [1.807, 2.05) is 11.0 Å². The number of halogens is 2. The molecule has 1 aliphatic heterocycles. The third-order valence-corrected chi connectivity index (χ3v) is 5.45. The number of likely N-dealkylation sites (tertiary alicyclic amines) is 1. The summed E-state index contributed by atoms with van der Waals surface area (Å²) in [5.41, 5.74) is 0. The molecule has 0 aromatic carbocycles. The van der Waals surface area contributed by atoms with E-state index in [4.69, 9.17) is 11.6 Å². The maximum atomic E-state index is 11.4. The first-order valence-electron chi connectivity index (χ1n) is 5.51. The van der Waals surface area contributed by atoms with Crippen molar-refractivity contribution in [2.75, 3.05) is 13.1 Å². The average molecular weight is 339 g/mol. The summed E-state index contributed by atoms with van der Waals surface area (Å²) in [6.07, 6.45) is 3.34. The van der Waals surface area contributed by atoms with Crippen LogP contribution in [0.3, 0.4) is 0 Å². The van der Waals surface area contributed by atoms with E-state index in [-0.39, 0.29) is 0 Å². The minimum atomic E-state index is -0.794. The standard InChI is InChI=1S/C11H13BrClNO2S/c12-7-6-8(17-10(7)13)9(11(15)16)14-4-2-1-3-5-14/h6,9H,1-5H2,(H,15,16). The number of thiophene rings is 1. The Morgan fingerprint density at radius 3 is 2.59 bits per heavy atom. The second-order valence-corrected chi connectivity index (χ2v) is 6.65. The first-order chi connectivity index (χ1) is 8.09. The number of hydrogen-bond acceptors (Lipinski definition) is 3. The van der Waals surface area contributed by atoms with Gasteiger partial charge in [-0.25, -0.2) is 0 Å². The van der Waals surface area contributed by atoms with Gasteiger partial charge in [0.25, 0.3) is 0 Å². The second kappa shape index (κ2) is 5.69. The van der Waals surface area contributed by atoms with Gasteiger partial charge in [-0.15, -0.1) is 11.3 Å². The summed E-state index contributed by atoms with van der Waals surface area (Å²) in [5, 5.41) is 9.39. The van der Waals surface area contributed by atoms with Crippen molar-refractivity contribution in [2.45, 2.75) is 25.3 Å². The minimum Gasteiger partial charge on any atom is -0.480 e. The Kier molecular flexibility index (Phi) is 4.47. The van der Waals surface area contributed by atoms with Crippen LogP contribution in [-0.2, 0) is 4.79 Å². The highest BCUT2D eigenvalue weighted by atomic mass is 79.9. The Bertz CT molecular complexity index is 398. The van der Waals surface area contributed by atoms with Gasteiger partial charge in [0, 0.05) is 9.35 Å². The molecule has 0 amide bonds. The number of hydrogen-bond donors (Lipinski definition) is 1. The van der Waals surface area contributed by atoms with Gasteiger partial charge in [0.1, 0.15) is 10.4 Å². The predicted octanol–water partition coefficient (Wildman–Crippen LogP) is 3.78. The van der Waals surface area contributed by atoms with Crippen molar-refractivity contribution in [2.24, 2.45) is 0 Å². The largest absolute Gasteiger partial charge is 0.480 e. The Hall–Kier alpha value is -0.100. The van der Waals surface area contributed by atoms with Crippen LogP contribution >= 0.6 is 38.9 Å². The van der Waals surface area contributed by atoms with Crippen LogP contribution in [0.15, 0.2) is 10.5 Å². The fraction of sp³-hybridized carbons (Fsp3) is 0.545. The molecule has 1 aliphatic rings. The SMILES string of the molecule is O=C(O)C(c1cc(Br)c(Cl)s1)N1CCCCC1. The predicted molar refractivity (Wildman–Crippen MR) is 72.8 cm³/mol. The molecule has 6 heteroatoms. The molecule has 17 heavy (non-hydrogen) atoms. The molecule has 1 fully saturated rings. The maximum Gasteiger partial charge on any atom is 0.326 e. The molecule has 0 spiro atoms. The van der Waals surface area contributed by atoms with E-state index in [0.717, 1.165) is 35.3 Å². The zero-order valence-electron chi connectivity index (χ0n) is 9.16. The van der Waals surface area contributed by atoms with Crippen LogP contribution < -0.4 is 0 Å². The molecule has 1 saturated heterocycles. The smallest absolute Gasteiger partial charge is 0.326 e. The molecule has 1 aromatic rings. The summed E-state index contributed by atoms with van der Waals surface area (Å²) in [6.45, 7) is 1.70. The molecule has 1 N–H and O–H groups in total. The van der Waals surface area contributed by atoms with Gasteiger partial charge in [-0.05, 0) is 47.9 Å². The quantitative estimate of drug-likeness (QED) is 0.912. The van der Waals surface area contributed by atoms with Crippen LogP contribution in [0.2, 0.25) is 4.34 Å². The Morgan fingerprint density at radius 1 is 1.47 bits per heavy atom. The van der Waals surface area contributed by atoms with Crippen LogP contribution in [0.25, 0.3) is 0 Å². The lowest BCUT2D eigenvalue weighted by Crippen LogP contribution is -2.37. The van der Waals surface area contributed by atoms with Crippen molar-refractivity contribution in [1.82, 2.24) is 4.90 Å². The molecule has 0 saturated carbocycles. The van der Waals surface area contributed by atoms with Gasteiger partial charge in [-0.3, -0.25) is 9.69 Å². The second-order valence-electron chi connectivity index (χ2n) is 4.11. The fourth-order valence-corrected chi connectivity index (χ4v) is 4.00. The van der Waals surface area contributed by atoms with Gasteiger partial charge in [0.2, 0.25) is 0 Å². The zero-order valence-corrected chi connectivity index (χ0v) is 12.3. The topological polar surface area (TPSA) is 40.5 Å². The highest BCUT2D eigenvalue weighted by molar-refractivity contribution is 9.10. The fourth-order valence-electron chi connectivity index (χ4n) is 2.13. The number of piperidine rings is 1. The van der Waals surface area contributed by atoms with E-state index < -0.39 is 12.0 Å². The first kappa shape index (κ1) is 13.3. The van der Waals surface area contributed by atoms with Crippen LogP contribution in [0.1, 0.15) is 30.2 Å². The van der Waals surface area contributed by atoms with Crippen molar-refractivity contribution < 1.29 is 9.90 Å². The monoisotopic (exact) mass is 337 g/mol. The molecule has 1 unspecified atom stereocenters. The van der Waals surface area contributed by atoms with E-state index >= 15 is 0 Å². The molecule has 1 atom stereocenters. The maximum absolute atomic E-state index is 11.4. The number of carboxylic acids is 1. The lowest BCUT2D eigenvalue weighted by atomic mass is 10.1. The van der Waals surface area contributed by atoms with Crippen molar-refractivity contribution in [1.29, 1.82) is 0 Å².